The molecule has 6 nitrogen and oxygen atoms in total. The Bertz CT molecular complexity index is 584. The third-order valence-corrected chi connectivity index (χ3v) is 4.38. The maximum atomic E-state index is 12.5. The van der Waals surface area contributed by atoms with Gasteiger partial charge in [0, 0.05) is 31.9 Å². The highest BCUT2D eigenvalue weighted by Gasteiger charge is 2.30. The van der Waals surface area contributed by atoms with Gasteiger partial charge in [-0.2, -0.15) is 13.2 Å². The van der Waals surface area contributed by atoms with Crippen LogP contribution in [-0.4, -0.2) is 47.8 Å². The third-order valence-electron chi connectivity index (χ3n) is 4.38. The molecule has 0 amide bonds. The lowest BCUT2D eigenvalue weighted by Gasteiger charge is -2.27. The number of hydrogen-bond acceptors (Lipinski definition) is 4. The first-order chi connectivity index (χ1) is 12.9. The fourth-order valence-corrected chi connectivity index (χ4v) is 2.89. The molecular weight excluding hydrogens is 359 g/mol. The van der Waals surface area contributed by atoms with Crippen molar-refractivity contribution >= 4 is 11.8 Å². The van der Waals surface area contributed by atoms with Crippen LogP contribution in [0.1, 0.15) is 44.6 Å². The molecule has 152 valence electrons. The minimum atomic E-state index is -4.37. The van der Waals surface area contributed by atoms with Crippen molar-refractivity contribution in [2.45, 2.75) is 57.3 Å². The molecule has 1 aromatic rings. The smallest absolute Gasteiger partial charge is 0.393 e. The first-order valence-electron chi connectivity index (χ1n) is 9.38. The standard InChI is InChI=1S/C18H28F3N5O/c1-2-22-17(26-14-5-7-15(27)8-6-14)24-11-3-10-23-16-9-4-13(12-25-16)18(19,20)21/h4,9,12,14-15,27H,2-3,5-8,10-11H2,1H3,(H,23,25)(H2,22,24,26). The highest BCUT2D eigenvalue weighted by molar-refractivity contribution is 5.80. The molecule has 1 aliphatic carbocycles. The van der Waals surface area contributed by atoms with Crippen LogP contribution < -0.4 is 16.0 Å². The lowest BCUT2D eigenvalue weighted by atomic mass is 9.93. The summed E-state index contributed by atoms with van der Waals surface area (Å²) in [7, 11) is 0. The molecule has 0 unspecified atom stereocenters. The molecule has 9 heteroatoms. The number of pyridine rings is 1. The molecule has 0 saturated heterocycles. The topological polar surface area (TPSA) is 81.6 Å². The van der Waals surface area contributed by atoms with E-state index in [4.69, 9.17) is 0 Å². The summed E-state index contributed by atoms with van der Waals surface area (Å²) in [5, 5.41) is 19.2. The summed E-state index contributed by atoms with van der Waals surface area (Å²) in [5.41, 5.74) is -0.755. The van der Waals surface area contributed by atoms with Crippen LogP contribution in [0.5, 0.6) is 0 Å². The zero-order valence-corrected chi connectivity index (χ0v) is 15.5. The lowest BCUT2D eigenvalue weighted by Crippen LogP contribution is -2.45. The summed E-state index contributed by atoms with van der Waals surface area (Å²) >= 11 is 0. The number of aliphatic hydroxyl groups is 1. The lowest BCUT2D eigenvalue weighted by molar-refractivity contribution is -0.137. The van der Waals surface area contributed by atoms with Crippen LogP contribution in [0.2, 0.25) is 0 Å². The molecule has 0 aliphatic heterocycles. The van der Waals surface area contributed by atoms with Crippen LogP contribution in [0.15, 0.2) is 23.3 Å². The summed E-state index contributed by atoms with van der Waals surface area (Å²) < 4.78 is 37.5. The van der Waals surface area contributed by atoms with Crippen LogP contribution in [-0.2, 0) is 6.18 Å². The van der Waals surface area contributed by atoms with Crippen molar-refractivity contribution in [1.82, 2.24) is 15.6 Å². The van der Waals surface area contributed by atoms with E-state index >= 15 is 0 Å². The second kappa shape index (κ2) is 10.3. The summed E-state index contributed by atoms with van der Waals surface area (Å²) in [6.07, 6.45) is 0.457. The Morgan fingerprint density at radius 1 is 1.26 bits per heavy atom. The van der Waals surface area contributed by atoms with E-state index < -0.39 is 11.7 Å². The van der Waals surface area contributed by atoms with Gasteiger partial charge >= 0.3 is 6.18 Å². The molecular formula is C18H28F3N5O. The fourth-order valence-electron chi connectivity index (χ4n) is 2.89. The van der Waals surface area contributed by atoms with E-state index in [-0.39, 0.29) is 6.10 Å². The van der Waals surface area contributed by atoms with Crippen molar-refractivity contribution in [3.63, 3.8) is 0 Å². The number of nitrogens with zero attached hydrogens (tertiary/aromatic N) is 2. The van der Waals surface area contributed by atoms with Gasteiger partial charge in [-0.3, -0.25) is 4.99 Å². The van der Waals surface area contributed by atoms with Gasteiger partial charge in [0.05, 0.1) is 11.7 Å². The second-order valence-electron chi connectivity index (χ2n) is 6.62. The van der Waals surface area contributed by atoms with Crippen LogP contribution in [0.25, 0.3) is 0 Å². The Morgan fingerprint density at radius 3 is 2.59 bits per heavy atom. The molecule has 2 rings (SSSR count). The van der Waals surface area contributed by atoms with Crippen molar-refractivity contribution in [2.24, 2.45) is 4.99 Å². The molecule has 1 saturated carbocycles. The van der Waals surface area contributed by atoms with Gasteiger partial charge < -0.3 is 21.1 Å². The maximum Gasteiger partial charge on any atom is 0.417 e. The van der Waals surface area contributed by atoms with Gasteiger partial charge in [0.1, 0.15) is 5.82 Å². The van der Waals surface area contributed by atoms with Crippen molar-refractivity contribution in [2.75, 3.05) is 25.0 Å². The van der Waals surface area contributed by atoms with E-state index in [1.165, 1.54) is 6.07 Å². The fraction of sp³-hybridized carbons (Fsp3) is 0.667. The van der Waals surface area contributed by atoms with Crippen molar-refractivity contribution in [1.29, 1.82) is 0 Å². The average molecular weight is 387 g/mol. The van der Waals surface area contributed by atoms with Crippen molar-refractivity contribution in [3.8, 4) is 0 Å². The summed E-state index contributed by atoms with van der Waals surface area (Å²) in [5.74, 6) is 1.17. The van der Waals surface area contributed by atoms with Crippen LogP contribution in [0.3, 0.4) is 0 Å². The molecule has 1 fully saturated rings. The molecule has 0 bridgehead atoms. The van der Waals surface area contributed by atoms with Gasteiger partial charge in [0.25, 0.3) is 0 Å². The predicted octanol–water partition coefficient (Wildman–Crippen LogP) is 2.76. The van der Waals surface area contributed by atoms with Gasteiger partial charge in [-0.05, 0) is 51.2 Å². The number of aromatic nitrogens is 1. The molecule has 1 aromatic heterocycles. The monoisotopic (exact) mass is 387 g/mol. The van der Waals surface area contributed by atoms with E-state index in [1.54, 1.807) is 0 Å². The zero-order valence-electron chi connectivity index (χ0n) is 15.5. The zero-order chi connectivity index (χ0) is 19.7. The molecule has 0 aromatic carbocycles. The van der Waals surface area contributed by atoms with E-state index in [0.29, 0.717) is 24.9 Å². The maximum absolute atomic E-state index is 12.5. The van der Waals surface area contributed by atoms with Gasteiger partial charge in [-0.15, -0.1) is 0 Å². The number of aliphatic hydroxyl groups excluding tert-OH is 1. The van der Waals surface area contributed by atoms with Crippen molar-refractivity contribution in [3.05, 3.63) is 23.9 Å². The molecule has 27 heavy (non-hydrogen) atoms. The number of halogens is 3. The normalized spacial score (nSPS) is 21.0. The van der Waals surface area contributed by atoms with Crippen LogP contribution >= 0.6 is 0 Å². The molecule has 0 radical (unpaired) electrons. The average Bonchev–Trinajstić information content (AvgIpc) is 2.63. The first-order valence-corrected chi connectivity index (χ1v) is 9.38. The van der Waals surface area contributed by atoms with E-state index in [1.807, 2.05) is 6.92 Å². The van der Waals surface area contributed by atoms with Crippen molar-refractivity contribution < 1.29 is 18.3 Å². The Labute approximate surface area is 157 Å². The number of nitrogens with one attached hydrogen (secondary N) is 3. The van der Waals surface area contributed by atoms with Gasteiger partial charge in [-0.25, -0.2) is 4.98 Å². The predicted molar refractivity (Wildman–Crippen MR) is 99.7 cm³/mol. The highest BCUT2D eigenvalue weighted by Crippen LogP contribution is 2.28. The Balaban J connectivity index is 1.72. The van der Waals surface area contributed by atoms with Gasteiger partial charge in [0.2, 0.25) is 0 Å². The Kier molecular flexibility index (Phi) is 8.15. The minimum absolute atomic E-state index is 0.188. The molecule has 0 atom stereocenters. The number of hydrogen-bond donors (Lipinski definition) is 4. The van der Waals surface area contributed by atoms with E-state index in [9.17, 15) is 18.3 Å². The first kappa shape index (κ1) is 21.3. The Morgan fingerprint density at radius 2 is 2.00 bits per heavy atom. The quantitative estimate of drug-likeness (QED) is 0.329. The van der Waals surface area contributed by atoms with Crippen LogP contribution in [0, 0.1) is 0 Å². The number of rotatable bonds is 7. The largest absolute Gasteiger partial charge is 0.417 e. The molecule has 1 heterocycles. The second-order valence-corrected chi connectivity index (χ2v) is 6.62. The molecule has 1 aliphatic rings. The van der Waals surface area contributed by atoms with E-state index in [0.717, 1.165) is 56.9 Å². The number of anilines is 1. The van der Waals surface area contributed by atoms with Gasteiger partial charge in [0.15, 0.2) is 5.96 Å². The summed E-state index contributed by atoms with van der Waals surface area (Å²) in [6, 6.07) is 2.66. The molecule has 4 N–H and O–H groups in total. The number of aliphatic imine (C=N–C) groups is 1. The minimum Gasteiger partial charge on any atom is -0.393 e. The van der Waals surface area contributed by atoms with Crippen LogP contribution in [0.4, 0.5) is 19.0 Å². The Hall–Kier alpha value is -2.03. The SMILES string of the molecule is CCNC(=NCCCNc1ccc(C(F)(F)F)cn1)NC1CCC(O)CC1. The van der Waals surface area contributed by atoms with E-state index in [2.05, 4.69) is 25.9 Å². The van der Waals surface area contributed by atoms with Gasteiger partial charge in [-0.1, -0.05) is 0 Å². The number of guanidine groups is 1. The molecule has 0 spiro atoms. The summed E-state index contributed by atoms with van der Waals surface area (Å²) in [6.45, 7) is 3.91. The highest BCUT2D eigenvalue weighted by atomic mass is 19.4. The number of alkyl halides is 3. The third kappa shape index (κ3) is 7.62. The summed E-state index contributed by atoms with van der Waals surface area (Å²) in [4.78, 5) is 8.31.